The number of benzene rings is 2. The molecule has 0 heterocycles. The molecule has 2 amide bonds. The number of carbonyl (C=O) groups is 2. The van der Waals surface area contributed by atoms with Crippen molar-refractivity contribution >= 4 is 35.0 Å². The number of hydrogen-bond donors (Lipinski definition) is 3. The molecule has 0 bridgehead atoms. The van der Waals surface area contributed by atoms with Crippen molar-refractivity contribution in [3.8, 4) is 0 Å². The Bertz CT molecular complexity index is 790. The summed E-state index contributed by atoms with van der Waals surface area (Å²) in [6.45, 7) is 1.76. The molecule has 2 aromatic rings. The van der Waals surface area contributed by atoms with Gasteiger partial charge in [0.2, 0.25) is 11.8 Å². The summed E-state index contributed by atoms with van der Waals surface area (Å²) >= 11 is 0. The average molecular weight is 390 g/mol. The van der Waals surface area contributed by atoms with Crippen LogP contribution in [0.5, 0.6) is 0 Å². The zero-order chi connectivity index (χ0) is 18.5. The van der Waals surface area contributed by atoms with Crippen LogP contribution < -0.4 is 16.4 Å². The number of halogens is 1. The van der Waals surface area contributed by atoms with Gasteiger partial charge in [-0.3, -0.25) is 9.59 Å². The van der Waals surface area contributed by atoms with Crippen molar-refractivity contribution in [2.24, 2.45) is 11.7 Å². The van der Waals surface area contributed by atoms with Crippen LogP contribution in [0.2, 0.25) is 0 Å². The maximum Gasteiger partial charge on any atom is 0.243 e. The van der Waals surface area contributed by atoms with E-state index >= 15 is 0 Å². The first-order valence-corrected chi connectivity index (χ1v) is 9.34. The third-order valence-electron chi connectivity index (χ3n) is 5.24. The van der Waals surface area contributed by atoms with Gasteiger partial charge in [-0.2, -0.15) is 0 Å². The van der Waals surface area contributed by atoms with Crippen molar-refractivity contribution in [1.29, 1.82) is 0 Å². The molecule has 0 aromatic heterocycles. The highest BCUT2D eigenvalue weighted by Gasteiger charge is 2.32. The number of fused-ring (bicyclic) bond motifs is 1. The molecule has 1 saturated carbocycles. The maximum absolute atomic E-state index is 12.9. The normalized spacial score (nSPS) is 16.4. The van der Waals surface area contributed by atoms with Crippen LogP contribution in [0.3, 0.4) is 0 Å². The minimum Gasteiger partial charge on any atom is -0.346 e. The Morgan fingerprint density at radius 3 is 2.37 bits per heavy atom. The summed E-state index contributed by atoms with van der Waals surface area (Å²) in [5, 5.41) is 8.16. The van der Waals surface area contributed by atoms with Gasteiger partial charge in [0.05, 0.1) is 6.04 Å². The summed E-state index contributed by atoms with van der Waals surface area (Å²) in [5.74, 6) is -0.114. The van der Waals surface area contributed by atoms with Gasteiger partial charge >= 0.3 is 0 Å². The number of nitrogens with one attached hydrogen (secondary N) is 2. The summed E-state index contributed by atoms with van der Waals surface area (Å²) in [6.07, 6.45) is 4.17. The lowest BCUT2D eigenvalue weighted by Gasteiger charge is -2.26. The predicted octanol–water partition coefficient (Wildman–Crippen LogP) is 3.07. The molecule has 2 aromatic carbocycles. The van der Waals surface area contributed by atoms with Gasteiger partial charge < -0.3 is 16.4 Å². The van der Waals surface area contributed by atoms with Crippen molar-refractivity contribution in [1.82, 2.24) is 10.6 Å². The molecule has 146 valence electrons. The molecule has 27 heavy (non-hydrogen) atoms. The van der Waals surface area contributed by atoms with Crippen molar-refractivity contribution in [2.75, 3.05) is 6.54 Å². The largest absolute Gasteiger partial charge is 0.346 e. The Kier molecular flexibility index (Phi) is 7.63. The first-order valence-electron chi connectivity index (χ1n) is 9.34. The third-order valence-corrected chi connectivity index (χ3v) is 5.24. The highest BCUT2D eigenvalue weighted by molar-refractivity contribution is 5.88. The number of nitrogens with two attached hydrogens (primary N) is 1. The highest BCUT2D eigenvalue weighted by atomic mass is 35.5. The Balaban J connectivity index is 0.00000261. The molecular weight excluding hydrogens is 362 g/mol. The lowest BCUT2D eigenvalue weighted by Crippen LogP contribution is -2.51. The zero-order valence-corrected chi connectivity index (χ0v) is 16.4. The average Bonchev–Trinajstić information content (AvgIpc) is 3.17. The summed E-state index contributed by atoms with van der Waals surface area (Å²) in [5.41, 5.74) is 6.93. The van der Waals surface area contributed by atoms with Crippen LogP contribution in [-0.4, -0.2) is 24.4 Å². The van der Waals surface area contributed by atoms with Gasteiger partial charge in [0, 0.05) is 13.5 Å². The first kappa shape index (κ1) is 21.2. The summed E-state index contributed by atoms with van der Waals surface area (Å²) in [6, 6.07) is 13.5. The second-order valence-electron chi connectivity index (χ2n) is 7.13. The zero-order valence-electron chi connectivity index (χ0n) is 15.6. The highest BCUT2D eigenvalue weighted by Crippen LogP contribution is 2.28. The van der Waals surface area contributed by atoms with E-state index < -0.39 is 6.04 Å². The van der Waals surface area contributed by atoms with Gasteiger partial charge in [-0.05, 0) is 41.2 Å². The fourth-order valence-corrected chi connectivity index (χ4v) is 3.87. The topological polar surface area (TPSA) is 84.2 Å². The van der Waals surface area contributed by atoms with E-state index in [4.69, 9.17) is 5.73 Å². The Hall–Kier alpha value is -2.11. The van der Waals surface area contributed by atoms with E-state index in [1.807, 2.05) is 30.3 Å². The van der Waals surface area contributed by atoms with Crippen LogP contribution in [0.15, 0.2) is 42.5 Å². The Morgan fingerprint density at radius 2 is 1.74 bits per heavy atom. The van der Waals surface area contributed by atoms with Crippen molar-refractivity contribution < 1.29 is 9.59 Å². The molecule has 5 nitrogen and oxygen atoms in total. The minimum atomic E-state index is -0.482. The molecule has 0 saturated heterocycles. The van der Waals surface area contributed by atoms with Gasteiger partial charge in [-0.1, -0.05) is 49.2 Å². The lowest BCUT2D eigenvalue weighted by molar-refractivity contribution is -0.129. The fourth-order valence-electron chi connectivity index (χ4n) is 3.87. The molecule has 0 spiro atoms. The van der Waals surface area contributed by atoms with E-state index in [0.29, 0.717) is 6.54 Å². The van der Waals surface area contributed by atoms with Crippen molar-refractivity contribution in [3.05, 3.63) is 48.0 Å². The Morgan fingerprint density at radius 1 is 1.07 bits per heavy atom. The molecule has 1 aliphatic rings. The quantitative estimate of drug-likeness (QED) is 0.709. The van der Waals surface area contributed by atoms with E-state index in [2.05, 4.69) is 22.8 Å². The fraction of sp³-hybridized carbons (Fsp3) is 0.429. The number of rotatable bonds is 6. The minimum absolute atomic E-state index is 0. The summed E-state index contributed by atoms with van der Waals surface area (Å²) in [4.78, 5) is 24.5. The van der Waals surface area contributed by atoms with Crippen molar-refractivity contribution in [3.63, 3.8) is 0 Å². The molecule has 1 fully saturated rings. The standard InChI is InChI=1S/C21H27N3O2.ClH/c1-14(25)23-20(16-7-3-4-8-16)21(26)24-19(13-22)18-11-10-15-6-2-5-9-17(15)12-18;/h2,5-6,9-12,16,19-20H,3-4,7-8,13,22H2,1H3,(H,23,25)(H,24,26);1H. The van der Waals surface area contributed by atoms with Crippen LogP contribution in [-0.2, 0) is 9.59 Å². The molecular formula is C21H28ClN3O2. The number of carbonyl (C=O) groups excluding carboxylic acids is 2. The van der Waals surface area contributed by atoms with Gasteiger partial charge in [-0.25, -0.2) is 0 Å². The molecule has 6 heteroatoms. The first-order chi connectivity index (χ1) is 12.6. The molecule has 0 radical (unpaired) electrons. The molecule has 4 N–H and O–H groups in total. The molecule has 3 rings (SSSR count). The van der Waals surface area contributed by atoms with Crippen LogP contribution >= 0.6 is 12.4 Å². The maximum atomic E-state index is 12.9. The van der Waals surface area contributed by atoms with E-state index in [1.165, 1.54) is 6.92 Å². The summed E-state index contributed by atoms with van der Waals surface area (Å²) in [7, 11) is 0. The monoisotopic (exact) mass is 389 g/mol. The number of amides is 2. The smallest absolute Gasteiger partial charge is 0.243 e. The molecule has 0 aliphatic heterocycles. The SMILES string of the molecule is CC(=O)NC(C(=O)NC(CN)c1ccc2ccccc2c1)C1CCCC1.Cl. The molecule has 1 aliphatic carbocycles. The second-order valence-corrected chi connectivity index (χ2v) is 7.13. The third kappa shape index (κ3) is 5.21. The van der Waals surface area contributed by atoms with Gasteiger partial charge in [0.1, 0.15) is 6.04 Å². The van der Waals surface area contributed by atoms with E-state index in [-0.39, 0.29) is 36.2 Å². The van der Waals surface area contributed by atoms with E-state index in [9.17, 15) is 9.59 Å². The van der Waals surface area contributed by atoms with Crippen LogP contribution in [0.4, 0.5) is 0 Å². The van der Waals surface area contributed by atoms with Gasteiger partial charge in [0.15, 0.2) is 0 Å². The Labute approximate surface area is 166 Å². The summed E-state index contributed by atoms with van der Waals surface area (Å²) < 4.78 is 0. The van der Waals surface area contributed by atoms with Gasteiger partial charge in [0.25, 0.3) is 0 Å². The molecule has 2 unspecified atom stereocenters. The van der Waals surface area contributed by atoms with Crippen LogP contribution in [0.25, 0.3) is 10.8 Å². The second kappa shape index (κ2) is 9.72. The van der Waals surface area contributed by atoms with E-state index in [0.717, 1.165) is 42.0 Å². The van der Waals surface area contributed by atoms with Crippen molar-refractivity contribution in [2.45, 2.75) is 44.7 Å². The van der Waals surface area contributed by atoms with Crippen LogP contribution in [0, 0.1) is 5.92 Å². The van der Waals surface area contributed by atoms with Gasteiger partial charge in [-0.15, -0.1) is 12.4 Å². The molecule has 2 atom stereocenters. The van der Waals surface area contributed by atoms with Crippen LogP contribution in [0.1, 0.15) is 44.2 Å². The lowest BCUT2D eigenvalue weighted by atomic mass is 9.96. The van der Waals surface area contributed by atoms with E-state index in [1.54, 1.807) is 0 Å². The predicted molar refractivity (Wildman–Crippen MR) is 111 cm³/mol. The number of hydrogen-bond acceptors (Lipinski definition) is 3.